The maximum Gasteiger partial charge on any atom is 0.247 e. The maximum atomic E-state index is 13.2. The molecule has 0 aromatic heterocycles. The molecular weight excluding hydrogens is 506 g/mol. The number of nitrogens with one attached hydrogen (secondary N) is 3. The third-order valence-corrected chi connectivity index (χ3v) is 7.41. The quantitative estimate of drug-likeness (QED) is 0.444. The van der Waals surface area contributed by atoms with Gasteiger partial charge >= 0.3 is 0 Å². The first-order valence-corrected chi connectivity index (χ1v) is 12.6. The van der Waals surface area contributed by atoms with Crippen LogP contribution in [0.2, 0.25) is 0 Å². The molecule has 0 fully saturated rings. The van der Waals surface area contributed by atoms with Gasteiger partial charge in [-0.1, -0.05) is 36.4 Å². The standard InChI is InChI=1S/C24H22BrN3O4S/c1-15-7-10-21(19(25)13-15)27-24(30)23(16-5-3-2-4-6-16)28-33(31,32)18-9-11-20-17(14-18)8-12-22(29)26-20/h2-7,9-11,13-14,23,28H,8,12H2,1H3,(H,26,29)(H,27,30)/t23-/m1/s1. The van der Waals surface area contributed by atoms with Crippen LogP contribution in [0.4, 0.5) is 11.4 Å². The van der Waals surface area contributed by atoms with Crippen LogP contribution in [-0.4, -0.2) is 20.2 Å². The summed E-state index contributed by atoms with van der Waals surface area (Å²) in [5, 5.41) is 5.54. The molecule has 0 unspecified atom stereocenters. The van der Waals surface area contributed by atoms with Crippen LogP contribution < -0.4 is 15.4 Å². The zero-order valence-corrected chi connectivity index (χ0v) is 20.2. The second kappa shape index (κ2) is 9.46. The topological polar surface area (TPSA) is 104 Å². The summed E-state index contributed by atoms with van der Waals surface area (Å²) in [6.45, 7) is 1.93. The van der Waals surface area contributed by atoms with Crippen molar-refractivity contribution in [3.05, 3.63) is 87.9 Å². The van der Waals surface area contributed by atoms with Gasteiger partial charge in [-0.3, -0.25) is 9.59 Å². The minimum Gasteiger partial charge on any atom is -0.326 e. The summed E-state index contributed by atoms with van der Waals surface area (Å²) in [5.41, 5.74) is 3.40. The van der Waals surface area contributed by atoms with E-state index in [4.69, 9.17) is 0 Å². The Morgan fingerprint density at radius 2 is 1.79 bits per heavy atom. The minimum atomic E-state index is -4.04. The van der Waals surface area contributed by atoms with Crippen molar-refractivity contribution in [2.45, 2.75) is 30.7 Å². The monoisotopic (exact) mass is 527 g/mol. The van der Waals surface area contributed by atoms with E-state index in [1.165, 1.54) is 12.1 Å². The highest BCUT2D eigenvalue weighted by Crippen LogP contribution is 2.28. The molecule has 4 rings (SSSR count). The highest BCUT2D eigenvalue weighted by molar-refractivity contribution is 9.10. The van der Waals surface area contributed by atoms with Crippen molar-refractivity contribution in [2.24, 2.45) is 0 Å². The molecule has 1 atom stereocenters. The number of carbonyl (C=O) groups excluding carboxylic acids is 2. The maximum absolute atomic E-state index is 13.2. The van der Waals surface area contributed by atoms with Crippen LogP contribution in [0.3, 0.4) is 0 Å². The van der Waals surface area contributed by atoms with E-state index in [2.05, 4.69) is 31.3 Å². The molecular formula is C24H22BrN3O4S. The van der Waals surface area contributed by atoms with Gasteiger partial charge in [0.15, 0.2) is 0 Å². The Labute approximate surface area is 200 Å². The SMILES string of the molecule is Cc1ccc(NC(=O)[C@H](NS(=O)(=O)c2ccc3c(c2)CCC(=O)N3)c2ccccc2)c(Br)c1. The fourth-order valence-electron chi connectivity index (χ4n) is 3.59. The summed E-state index contributed by atoms with van der Waals surface area (Å²) < 4.78 is 29.7. The van der Waals surface area contributed by atoms with Crippen molar-refractivity contribution in [2.75, 3.05) is 10.6 Å². The Balaban J connectivity index is 1.64. The summed E-state index contributed by atoms with van der Waals surface area (Å²) in [4.78, 5) is 24.8. The predicted molar refractivity (Wildman–Crippen MR) is 130 cm³/mol. The molecule has 9 heteroatoms. The van der Waals surface area contributed by atoms with Gasteiger partial charge in [-0.15, -0.1) is 0 Å². The van der Waals surface area contributed by atoms with Gasteiger partial charge < -0.3 is 10.6 Å². The number of aryl methyl sites for hydroxylation is 2. The second-order valence-electron chi connectivity index (χ2n) is 7.80. The first-order chi connectivity index (χ1) is 15.7. The number of fused-ring (bicyclic) bond motifs is 1. The van der Waals surface area contributed by atoms with Gasteiger partial charge in [0, 0.05) is 16.6 Å². The Bertz CT molecular complexity index is 1330. The number of rotatable bonds is 6. The van der Waals surface area contributed by atoms with Gasteiger partial charge in [-0.2, -0.15) is 4.72 Å². The predicted octanol–water partition coefficient (Wildman–Crippen LogP) is 4.30. The molecule has 0 saturated heterocycles. The van der Waals surface area contributed by atoms with Gasteiger partial charge in [0.25, 0.3) is 0 Å². The number of anilines is 2. The van der Waals surface area contributed by atoms with Crippen LogP contribution in [0, 0.1) is 6.92 Å². The molecule has 0 spiro atoms. The first kappa shape index (κ1) is 23.2. The number of hydrogen-bond donors (Lipinski definition) is 3. The number of hydrogen-bond acceptors (Lipinski definition) is 4. The molecule has 0 bridgehead atoms. The normalized spacial score (nSPS) is 14.2. The van der Waals surface area contributed by atoms with Crippen LogP contribution >= 0.6 is 15.9 Å². The van der Waals surface area contributed by atoms with E-state index >= 15 is 0 Å². The largest absolute Gasteiger partial charge is 0.326 e. The van der Waals surface area contributed by atoms with Crippen molar-refractivity contribution < 1.29 is 18.0 Å². The fourth-order valence-corrected chi connectivity index (χ4v) is 5.42. The molecule has 1 aliphatic rings. The zero-order chi connectivity index (χ0) is 23.6. The van der Waals surface area contributed by atoms with Crippen molar-refractivity contribution in [3.63, 3.8) is 0 Å². The van der Waals surface area contributed by atoms with Crippen LogP contribution in [0.5, 0.6) is 0 Å². The lowest BCUT2D eigenvalue weighted by molar-refractivity contribution is -0.118. The lowest BCUT2D eigenvalue weighted by Gasteiger charge is -2.21. The van der Waals surface area contributed by atoms with E-state index in [0.29, 0.717) is 34.3 Å². The molecule has 7 nitrogen and oxygen atoms in total. The van der Waals surface area contributed by atoms with E-state index in [9.17, 15) is 18.0 Å². The Morgan fingerprint density at radius 1 is 1.03 bits per heavy atom. The van der Waals surface area contributed by atoms with Crippen LogP contribution in [0.15, 0.2) is 76.1 Å². The van der Waals surface area contributed by atoms with Gasteiger partial charge in [-0.05, 0) is 76.3 Å². The third-order valence-electron chi connectivity index (χ3n) is 5.33. The van der Waals surface area contributed by atoms with Crippen molar-refractivity contribution in [1.82, 2.24) is 4.72 Å². The molecule has 33 heavy (non-hydrogen) atoms. The molecule has 3 N–H and O–H groups in total. The van der Waals surface area contributed by atoms with Crippen molar-refractivity contribution in [1.29, 1.82) is 0 Å². The van der Waals surface area contributed by atoms with Crippen molar-refractivity contribution in [3.8, 4) is 0 Å². The van der Waals surface area contributed by atoms with Crippen LogP contribution in [0.25, 0.3) is 0 Å². The molecule has 3 aromatic carbocycles. The number of carbonyl (C=O) groups is 2. The molecule has 1 aliphatic heterocycles. The Hall–Kier alpha value is -3.01. The van der Waals surface area contributed by atoms with E-state index in [0.717, 1.165) is 11.1 Å². The Morgan fingerprint density at radius 3 is 2.52 bits per heavy atom. The average molecular weight is 528 g/mol. The highest BCUT2D eigenvalue weighted by Gasteiger charge is 2.28. The van der Waals surface area contributed by atoms with E-state index in [1.807, 2.05) is 19.1 Å². The fraction of sp³-hybridized carbons (Fsp3) is 0.167. The van der Waals surface area contributed by atoms with Crippen LogP contribution in [0.1, 0.15) is 29.2 Å². The molecule has 3 aromatic rings. The lowest BCUT2D eigenvalue weighted by atomic mass is 10.0. The van der Waals surface area contributed by atoms with E-state index in [1.54, 1.807) is 42.5 Å². The summed E-state index contributed by atoms with van der Waals surface area (Å²) in [7, 11) is -4.04. The van der Waals surface area contributed by atoms with Gasteiger partial charge in [-0.25, -0.2) is 8.42 Å². The molecule has 0 saturated carbocycles. The Kier molecular flexibility index (Phi) is 6.64. The molecule has 0 radical (unpaired) electrons. The minimum absolute atomic E-state index is 0.0302. The average Bonchev–Trinajstić information content (AvgIpc) is 2.79. The van der Waals surface area contributed by atoms with Gasteiger partial charge in [0.1, 0.15) is 6.04 Å². The number of halogens is 1. The second-order valence-corrected chi connectivity index (χ2v) is 10.4. The summed E-state index contributed by atoms with van der Waals surface area (Å²) >= 11 is 3.43. The summed E-state index contributed by atoms with van der Waals surface area (Å²) in [5.74, 6) is -0.612. The van der Waals surface area contributed by atoms with Crippen LogP contribution in [-0.2, 0) is 26.0 Å². The first-order valence-electron chi connectivity index (χ1n) is 10.3. The van der Waals surface area contributed by atoms with Crippen molar-refractivity contribution >= 4 is 49.1 Å². The number of amides is 2. The molecule has 0 aliphatic carbocycles. The van der Waals surface area contributed by atoms with Gasteiger partial charge in [0.2, 0.25) is 21.8 Å². The smallest absolute Gasteiger partial charge is 0.247 e. The molecule has 1 heterocycles. The summed E-state index contributed by atoms with van der Waals surface area (Å²) in [6, 6.07) is 17.5. The lowest BCUT2D eigenvalue weighted by Crippen LogP contribution is -2.37. The number of benzene rings is 3. The van der Waals surface area contributed by atoms with E-state index in [-0.39, 0.29) is 10.8 Å². The molecule has 2 amide bonds. The zero-order valence-electron chi connectivity index (χ0n) is 17.8. The number of sulfonamides is 1. The molecule has 170 valence electrons. The third kappa shape index (κ3) is 5.32. The van der Waals surface area contributed by atoms with Gasteiger partial charge in [0.05, 0.1) is 10.6 Å². The highest BCUT2D eigenvalue weighted by atomic mass is 79.9. The van der Waals surface area contributed by atoms with E-state index < -0.39 is 22.0 Å². The summed E-state index contributed by atoms with van der Waals surface area (Å²) in [6.07, 6.45) is 0.749.